The van der Waals surface area contributed by atoms with Crippen molar-refractivity contribution in [3.8, 4) is 5.75 Å². The number of hydrogen-bond acceptors (Lipinski definition) is 5. The van der Waals surface area contributed by atoms with Gasteiger partial charge in [0.05, 0.1) is 11.0 Å². The number of benzene rings is 1. The topological polar surface area (TPSA) is 111 Å². The molecule has 1 aliphatic rings. The van der Waals surface area contributed by atoms with Crippen molar-refractivity contribution >= 4 is 23.0 Å². The predicted molar refractivity (Wildman–Crippen MR) is 105 cm³/mol. The number of aromatic nitrogens is 2. The third-order valence-corrected chi connectivity index (χ3v) is 4.51. The van der Waals surface area contributed by atoms with E-state index < -0.39 is 5.60 Å². The predicted octanol–water partition coefficient (Wildman–Crippen LogP) is 2.76. The third-order valence-electron chi connectivity index (χ3n) is 4.51. The summed E-state index contributed by atoms with van der Waals surface area (Å²) in [6.45, 7) is 6.83. The first-order chi connectivity index (χ1) is 13.2. The summed E-state index contributed by atoms with van der Waals surface area (Å²) in [5.41, 5.74) is 6.39. The summed E-state index contributed by atoms with van der Waals surface area (Å²) >= 11 is 0. The van der Waals surface area contributed by atoms with Crippen LogP contribution in [-0.4, -0.2) is 51.7 Å². The van der Waals surface area contributed by atoms with Gasteiger partial charge in [0, 0.05) is 44.8 Å². The van der Waals surface area contributed by atoms with Gasteiger partial charge in [-0.2, -0.15) is 0 Å². The summed E-state index contributed by atoms with van der Waals surface area (Å²) < 4.78 is 11.5. The highest BCUT2D eigenvalue weighted by Gasteiger charge is 2.27. The number of nitrogens with one attached hydrogen (secondary N) is 1. The van der Waals surface area contributed by atoms with Crippen LogP contribution >= 0.6 is 0 Å². The molecule has 0 bridgehead atoms. The Hall–Kier alpha value is -2.77. The second kappa shape index (κ2) is 8.08. The molecule has 1 saturated heterocycles. The lowest BCUT2D eigenvalue weighted by Gasteiger charge is -2.33. The lowest BCUT2D eigenvalue weighted by molar-refractivity contribution is -0.118. The minimum atomic E-state index is -0.486. The molecule has 3 N–H and O–H groups in total. The molecule has 0 spiro atoms. The second-order valence-corrected chi connectivity index (χ2v) is 8.11. The summed E-state index contributed by atoms with van der Waals surface area (Å²) in [5, 5.41) is 0. The number of aryl methyl sites for hydroxylation is 1. The highest BCUT2D eigenvalue weighted by atomic mass is 16.6. The number of nitrogens with two attached hydrogens (primary N) is 1. The Morgan fingerprint density at radius 3 is 2.64 bits per heavy atom. The van der Waals surface area contributed by atoms with E-state index in [0.717, 1.165) is 35.4 Å². The van der Waals surface area contributed by atoms with Crippen LogP contribution in [0.3, 0.4) is 0 Å². The first-order valence-corrected chi connectivity index (χ1v) is 9.61. The number of nitrogens with zero attached hydrogens (tertiary/aromatic N) is 2. The molecule has 8 heteroatoms. The van der Waals surface area contributed by atoms with Gasteiger partial charge in [-0.15, -0.1) is 0 Å². The smallest absolute Gasteiger partial charge is 0.410 e. The second-order valence-electron chi connectivity index (χ2n) is 8.11. The van der Waals surface area contributed by atoms with Crippen LogP contribution in [0, 0.1) is 0 Å². The molecule has 8 nitrogen and oxygen atoms in total. The summed E-state index contributed by atoms with van der Waals surface area (Å²) in [7, 11) is 0. The van der Waals surface area contributed by atoms with Crippen molar-refractivity contribution in [3.63, 3.8) is 0 Å². The van der Waals surface area contributed by atoms with E-state index in [1.807, 2.05) is 39.0 Å². The highest BCUT2D eigenvalue weighted by molar-refractivity contribution is 5.77. The SMILES string of the molecule is CC(C)(C)OC(=O)N1CCC(Oc2ccc3nc(CCC(N)=O)[nH]c3c2)CC1. The lowest BCUT2D eigenvalue weighted by Crippen LogP contribution is -2.44. The van der Waals surface area contributed by atoms with Crippen LogP contribution in [0.15, 0.2) is 18.2 Å². The van der Waals surface area contributed by atoms with Crippen LogP contribution in [-0.2, 0) is 16.0 Å². The van der Waals surface area contributed by atoms with Crippen molar-refractivity contribution in [1.29, 1.82) is 0 Å². The van der Waals surface area contributed by atoms with Crippen LogP contribution in [0.1, 0.15) is 45.9 Å². The van der Waals surface area contributed by atoms with E-state index in [2.05, 4.69) is 9.97 Å². The monoisotopic (exact) mass is 388 g/mol. The molecule has 3 rings (SSSR count). The Kier molecular flexibility index (Phi) is 5.76. The summed E-state index contributed by atoms with van der Waals surface area (Å²) in [6.07, 6.45) is 2.04. The molecule has 1 fully saturated rings. The number of hydrogen-bond donors (Lipinski definition) is 2. The van der Waals surface area contributed by atoms with E-state index in [4.69, 9.17) is 15.2 Å². The third kappa shape index (κ3) is 5.37. The number of primary amides is 1. The van der Waals surface area contributed by atoms with Crippen molar-refractivity contribution in [3.05, 3.63) is 24.0 Å². The maximum atomic E-state index is 12.1. The standard InChI is InChI=1S/C20H28N4O4/c1-20(2,3)28-19(26)24-10-8-13(9-11-24)27-14-4-5-15-16(12-14)23-18(22-15)7-6-17(21)25/h4-5,12-13H,6-11H2,1-3H3,(H2,21,25)(H,22,23). The summed E-state index contributed by atoms with van der Waals surface area (Å²) in [6, 6.07) is 5.70. The average Bonchev–Trinajstić information content (AvgIpc) is 3.01. The number of imidazole rings is 1. The number of amides is 2. The number of ether oxygens (including phenoxy) is 2. The number of carbonyl (C=O) groups is 2. The largest absolute Gasteiger partial charge is 0.490 e. The first kappa shape index (κ1) is 20.0. The number of carbonyl (C=O) groups excluding carboxylic acids is 2. The average molecular weight is 388 g/mol. The minimum Gasteiger partial charge on any atom is -0.490 e. The van der Waals surface area contributed by atoms with Gasteiger partial charge >= 0.3 is 6.09 Å². The minimum absolute atomic E-state index is 0.0494. The number of rotatable bonds is 5. The molecule has 1 aromatic carbocycles. The molecule has 2 aromatic rings. The van der Waals surface area contributed by atoms with Crippen molar-refractivity contribution in [2.45, 2.75) is 58.2 Å². The zero-order valence-corrected chi connectivity index (χ0v) is 16.7. The molecule has 0 atom stereocenters. The zero-order valence-electron chi connectivity index (χ0n) is 16.7. The van der Waals surface area contributed by atoms with E-state index in [1.54, 1.807) is 4.90 Å². The number of likely N-dealkylation sites (tertiary alicyclic amines) is 1. The van der Waals surface area contributed by atoms with Gasteiger partial charge in [-0.3, -0.25) is 4.79 Å². The Balaban J connectivity index is 1.55. The Bertz CT molecular complexity index is 847. The maximum Gasteiger partial charge on any atom is 0.410 e. The van der Waals surface area contributed by atoms with Gasteiger partial charge in [0.2, 0.25) is 5.91 Å². The van der Waals surface area contributed by atoms with Crippen LogP contribution in [0.2, 0.25) is 0 Å². The van der Waals surface area contributed by atoms with E-state index in [0.29, 0.717) is 19.5 Å². The van der Waals surface area contributed by atoms with E-state index >= 15 is 0 Å². The van der Waals surface area contributed by atoms with E-state index in [-0.39, 0.29) is 24.5 Å². The van der Waals surface area contributed by atoms with Gasteiger partial charge in [-0.05, 0) is 32.9 Å². The molecule has 1 aromatic heterocycles. The van der Waals surface area contributed by atoms with Crippen molar-refractivity contribution in [1.82, 2.24) is 14.9 Å². The fraction of sp³-hybridized carbons (Fsp3) is 0.550. The van der Waals surface area contributed by atoms with E-state index in [9.17, 15) is 9.59 Å². The van der Waals surface area contributed by atoms with Crippen LogP contribution < -0.4 is 10.5 Å². The molecule has 0 saturated carbocycles. The summed E-state index contributed by atoms with van der Waals surface area (Å²) in [4.78, 5) is 32.5. The van der Waals surface area contributed by atoms with Gasteiger partial charge in [-0.1, -0.05) is 0 Å². The number of aromatic amines is 1. The van der Waals surface area contributed by atoms with Crippen LogP contribution in [0.4, 0.5) is 4.79 Å². The molecule has 0 radical (unpaired) electrons. The molecule has 152 valence electrons. The molecule has 2 heterocycles. The molecule has 28 heavy (non-hydrogen) atoms. The number of fused-ring (bicyclic) bond motifs is 1. The molecule has 2 amide bonds. The number of piperidine rings is 1. The fourth-order valence-electron chi connectivity index (χ4n) is 3.15. The summed E-state index contributed by atoms with van der Waals surface area (Å²) in [5.74, 6) is 1.15. The zero-order chi connectivity index (χ0) is 20.3. The molecular weight excluding hydrogens is 360 g/mol. The lowest BCUT2D eigenvalue weighted by atomic mass is 10.1. The molecular formula is C20H28N4O4. The Morgan fingerprint density at radius 2 is 2.00 bits per heavy atom. The quantitative estimate of drug-likeness (QED) is 0.818. The van der Waals surface area contributed by atoms with Gasteiger partial charge < -0.3 is 25.1 Å². The van der Waals surface area contributed by atoms with Gasteiger partial charge in [0.25, 0.3) is 0 Å². The van der Waals surface area contributed by atoms with Crippen LogP contribution in [0.5, 0.6) is 5.75 Å². The highest BCUT2D eigenvalue weighted by Crippen LogP contribution is 2.24. The Morgan fingerprint density at radius 1 is 1.29 bits per heavy atom. The molecule has 0 aliphatic carbocycles. The number of H-pyrrole nitrogens is 1. The van der Waals surface area contributed by atoms with Gasteiger partial charge in [0.15, 0.2) is 0 Å². The van der Waals surface area contributed by atoms with Gasteiger partial charge in [-0.25, -0.2) is 9.78 Å². The van der Waals surface area contributed by atoms with Crippen molar-refractivity contribution in [2.75, 3.05) is 13.1 Å². The van der Waals surface area contributed by atoms with Crippen molar-refractivity contribution < 1.29 is 19.1 Å². The van der Waals surface area contributed by atoms with E-state index in [1.165, 1.54) is 0 Å². The first-order valence-electron chi connectivity index (χ1n) is 9.61. The molecule has 0 unspecified atom stereocenters. The maximum absolute atomic E-state index is 12.1. The fourth-order valence-corrected chi connectivity index (χ4v) is 3.15. The van der Waals surface area contributed by atoms with Crippen LogP contribution in [0.25, 0.3) is 11.0 Å². The van der Waals surface area contributed by atoms with Gasteiger partial charge in [0.1, 0.15) is 23.3 Å². The Labute approximate surface area is 164 Å². The van der Waals surface area contributed by atoms with Crippen molar-refractivity contribution in [2.24, 2.45) is 5.73 Å². The molecule has 1 aliphatic heterocycles. The normalized spacial score (nSPS) is 15.6.